The van der Waals surface area contributed by atoms with Gasteiger partial charge in [-0.2, -0.15) is 0 Å². The summed E-state index contributed by atoms with van der Waals surface area (Å²) in [6, 6.07) is 7.88. The van der Waals surface area contributed by atoms with Crippen LogP contribution >= 0.6 is 0 Å². The zero-order valence-corrected chi connectivity index (χ0v) is 19.4. The lowest BCUT2D eigenvalue weighted by Gasteiger charge is -2.26. The van der Waals surface area contributed by atoms with Gasteiger partial charge in [-0.15, -0.1) is 0 Å². The van der Waals surface area contributed by atoms with Crippen molar-refractivity contribution in [3.63, 3.8) is 0 Å². The van der Waals surface area contributed by atoms with E-state index in [1.165, 1.54) is 0 Å². The Morgan fingerprint density at radius 1 is 1.21 bits per heavy atom. The van der Waals surface area contributed by atoms with Crippen LogP contribution in [0.15, 0.2) is 30.3 Å². The van der Waals surface area contributed by atoms with Crippen molar-refractivity contribution in [3.8, 4) is 0 Å². The number of aryl methyl sites for hydroxylation is 1. The van der Waals surface area contributed by atoms with Gasteiger partial charge in [-0.1, -0.05) is 18.2 Å². The van der Waals surface area contributed by atoms with Gasteiger partial charge in [-0.3, -0.25) is 24.6 Å². The van der Waals surface area contributed by atoms with Crippen LogP contribution in [-0.4, -0.2) is 64.8 Å². The number of hydrogen-bond acceptors (Lipinski definition) is 6. The molecule has 2 aromatic rings. The monoisotopic (exact) mass is 471 g/mol. The predicted molar refractivity (Wildman–Crippen MR) is 127 cm³/mol. The molecule has 1 aliphatic heterocycles. The molecular weight excluding hydrogens is 438 g/mol. The molecule has 1 aliphatic rings. The SMILES string of the molecule is Cn1c(C(=O)N2CCC[C@H]2C(=O)N[C@@H](CCC(=O)NN)C(=O)NCCCN)cc2ccccc21. The lowest BCUT2D eigenvalue weighted by atomic mass is 10.1. The number of carbonyl (C=O) groups excluding carboxylic acids is 4. The third-order valence-electron chi connectivity index (χ3n) is 6.12. The van der Waals surface area contributed by atoms with Crippen LogP contribution in [0.1, 0.15) is 42.6 Å². The molecule has 0 spiro atoms. The molecule has 34 heavy (non-hydrogen) atoms. The molecule has 1 fully saturated rings. The Morgan fingerprint density at radius 2 is 1.97 bits per heavy atom. The summed E-state index contributed by atoms with van der Waals surface area (Å²) in [5, 5.41) is 6.41. The average Bonchev–Trinajstić information content (AvgIpc) is 3.46. The number of carbonyl (C=O) groups is 4. The van der Waals surface area contributed by atoms with Crippen molar-refractivity contribution in [2.45, 2.75) is 44.2 Å². The molecule has 0 saturated carbocycles. The summed E-state index contributed by atoms with van der Waals surface area (Å²) in [7, 11) is 1.82. The Balaban J connectivity index is 1.73. The van der Waals surface area contributed by atoms with E-state index < -0.39 is 29.8 Å². The van der Waals surface area contributed by atoms with E-state index in [1.807, 2.05) is 47.4 Å². The molecular formula is C23H33N7O4. The Labute approximate surface area is 198 Å². The van der Waals surface area contributed by atoms with Crippen LogP contribution in [-0.2, 0) is 21.4 Å². The van der Waals surface area contributed by atoms with E-state index in [0.717, 1.165) is 10.9 Å². The molecule has 11 heteroatoms. The van der Waals surface area contributed by atoms with Gasteiger partial charge in [0.1, 0.15) is 17.8 Å². The lowest BCUT2D eigenvalue weighted by molar-refractivity contribution is -0.131. The predicted octanol–water partition coefficient (Wildman–Crippen LogP) is -0.497. The van der Waals surface area contributed by atoms with E-state index in [1.54, 1.807) is 4.90 Å². The molecule has 2 atom stereocenters. The number of nitrogens with zero attached hydrogens (tertiary/aromatic N) is 2. The molecule has 1 aromatic carbocycles. The molecule has 1 saturated heterocycles. The van der Waals surface area contributed by atoms with Gasteiger partial charge in [-0.25, -0.2) is 5.84 Å². The van der Waals surface area contributed by atoms with Crippen LogP contribution in [0.4, 0.5) is 0 Å². The Morgan fingerprint density at radius 3 is 2.68 bits per heavy atom. The van der Waals surface area contributed by atoms with E-state index in [0.29, 0.717) is 44.6 Å². The standard InChI is InChI=1S/C23H33N7O4/c1-29-17-7-3-2-6-15(17)14-19(29)23(34)30-13-4-8-18(30)22(33)27-16(9-10-20(31)28-25)21(32)26-12-5-11-24/h2-3,6-7,14,16,18H,4-5,8-13,24-25H2,1H3,(H,26,32)(H,27,33)(H,28,31)/t16-,18-/m0/s1. The molecule has 0 aliphatic carbocycles. The van der Waals surface area contributed by atoms with Crippen molar-refractivity contribution in [1.82, 2.24) is 25.5 Å². The summed E-state index contributed by atoms with van der Waals surface area (Å²) >= 11 is 0. The first-order valence-electron chi connectivity index (χ1n) is 11.5. The second-order valence-electron chi connectivity index (χ2n) is 8.40. The molecule has 1 aromatic heterocycles. The van der Waals surface area contributed by atoms with E-state index in [2.05, 4.69) is 10.6 Å². The zero-order chi connectivity index (χ0) is 24.7. The van der Waals surface area contributed by atoms with Crippen molar-refractivity contribution >= 4 is 34.5 Å². The summed E-state index contributed by atoms with van der Waals surface area (Å²) in [6.07, 6.45) is 1.80. The van der Waals surface area contributed by atoms with Crippen molar-refractivity contribution in [2.24, 2.45) is 18.6 Å². The van der Waals surface area contributed by atoms with Crippen LogP contribution in [0.25, 0.3) is 10.9 Å². The van der Waals surface area contributed by atoms with Crippen LogP contribution < -0.4 is 27.6 Å². The number of nitrogens with one attached hydrogen (secondary N) is 3. The summed E-state index contributed by atoms with van der Waals surface area (Å²) < 4.78 is 1.82. The molecule has 7 N–H and O–H groups in total. The maximum Gasteiger partial charge on any atom is 0.271 e. The van der Waals surface area contributed by atoms with Gasteiger partial charge in [0.15, 0.2) is 0 Å². The highest BCUT2D eigenvalue weighted by Crippen LogP contribution is 2.24. The number of rotatable bonds is 10. The van der Waals surface area contributed by atoms with Gasteiger partial charge in [0, 0.05) is 37.5 Å². The quantitative estimate of drug-likeness (QED) is 0.136. The number of amides is 4. The van der Waals surface area contributed by atoms with E-state index in [-0.39, 0.29) is 18.7 Å². The zero-order valence-electron chi connectivity index (χ0n) is 19.4. The molecule has 4 amide bonds. The van der Waals surface area contributed by atoms with Crippen LogP contribution in [0.3, 0.4) is 0 Å². The number of likely N-dealkylation sites (tertiary alicyclic amines) is 1. The molecule has 3 rings (SSSR count). The second kappa shape index (κ2) is 11.6. The molecule has 0 unspecified atom stereocenters. The van der Waals surface area contributed by atoms with Crippen LogP contribution in [0.5, 0.6) is 0 Å². The highest BCUT2D eigenvalue weighted by atomic mass is 16.2. The molecule has 2 heterocycles. The second-order valence-corrected chi connectivity index (χ2v) is 8.40. The molecule has 11 nitrogen and oxygen atoms in total. The molecule has 184 valence electrons. The van der Waals surface area contributed by atoms with Gasteiger partial charge in [-0.05, 0) is 44.4 Å². The average molecular weight is 472 g/mol. The van der Waals surface area contributed by atoms with Crippen molar-refractivity contribution in [3.05, 3.63) is 36.0 Å². The minimum absolute atomic E-state index is 0.0327. The molecule has 0 bridgehead atoms. The summed E-state index contributed by atoms with van der Waals surface area (Å²) in [6.45, 7) is 1.22. The van der Waals surface area contributed by atoms with Gasteiger partial charge in [0.2, 0.25) is 17.7 Å². The highest BCUT2D eigenvalue weighted by molar-refractivity contribution is 6.01. The fourth-order valence-corrected chi connectivity index (χ4v) is 4.24. The first-order chi connectivity index (χ1) is 16.4. The fourth-order valence-electron chi connectivity index (χ4n) is 4.24. The number of benzene rings is 1. The summed E-state index contributed by atoms with van der Waals surface area (Å²) in [4.78, 5) is 52.3. The first kappa shape index (κ1) is 25.2. The summed E-state index contributed by atoms with van der Waals surface area (Å²) in [5.41, 5.74) is 8.92. The van der Waals surface area contributed by atoms with E-state index >= 15 is 0 Å². The Bertz CT molecular complexity index is 1050. The van der Waals surface area contributed by atoms with Crippen molar-refractivity contribution < 1.29 is 19.2 Å². The lowest BCUT2D eigenvalue weighted by Crippen LogP contribution is -2.53. The number of para-hydroxylation sites is 1. The molecule has 0 radical (unpaired) electrons. The minimum atomic E-state index is -0.933. The van der Waals surface area contributed by atoms with Crippen molar-refractivity contribution in [2.75, 3.05) is 19.6 Å². The van der Waals surface area contributed by atoms with Gasteiger partial charge in [0.25, 0.3) is 5.91 Å². The van der Waals surface area contributed by atoms with Crippen molar-refractivity contribution in [1.29, 1.82) is 0 Å². The largest absolute Gasteiger partial charge is 0.354 e. The topological polar surface area (TPSA) is 165 Å². The number of aromatic nitrogens is 1. The Kier molecular flexibility index (Phi) is 8.61. The summed E-state index contributed by atoms with van der Waals surface area (Å²) in [5.74, 6) is 3.63. The van der Waals surface area contributed by atoms with Gasteiger partial charge < -0.3 is 25.8 Å². The van der Waals surface area contributed by atoms with Crippen LogP contribution in [0.2, 0.25) is 0 Å². The van der Waals surface area contributed by atoms with Crippen LogP contribution in [0, 0.1) is 0 Å². The number of fused-ring (bicyclic) bond motifs is 1. The van der Waals surface area contributed by atoms with Gasteiger partial charge in [0.05, 0.1) is 0 Å². The minimum Gasteiger partial charge on any atom is -0.354 e. The van der Waals surface area contributed by atoms with E-state index in [9.17, 15) is 19.2 Å². The van der Waals surface area contributed by atoms with Gasteiger partial charge >= 0.3 is 0 Å². The maximum atomic E-state index is 13.4. The first-order valence-corrected chi connectivity index (χ1v) is 11.5. The fraction of sp³-hybridized carbons (Fsp3) is 0.478. The number of hydrazine groups is 1. The smallest absolute Gasteiger partial charge is 0.271 e. The third kappa shape index (κ3) is 5.72. The van der Waals surface area contributed by atoms with E-state index in [4.69, 9.17) is 11.6 Å². The highest BCUT2D eigenvalue weighted by Gasteiger charge is 2.37. The number of hydrogen-bond donors (Lipinski definition) is 5. The maximum absolute atomic E-state index is 13.4. The number of nitrogens with two attached hydrogens (primary N) is 2. The third-order valence-corrected chi connectivity index (χ3v) is 6.12. The normalized spacial score (nSPS) is 16.3. The Hall–Kier alpha value is -3.44.